The number of carbonyl (C=O) groups excluding carboxylic acids is 2. The predicted octanol–water partition coefficient (Wildman–Crippen LogP) is 0.348. The Morgan fingerprint density at radius 1 is 1.57 bits per heavy atom. The molecule has 0 saturated heterocycles. The van der Waals surface area contributed by atoms with Gasteiger partial charge < -0.3 is 4.74 Å². The Bertz CT molecular complexity index is 350. The van der Waals surface area contributed by atoms with Crippen LogP contribution in [-0.2, 0) is 14.3 Å². The molecule has 1 N–H and O–H groups in total. The monoisotopic (exact) mass is 215 g/mol. The highest BCUT2D eigenvalue weighted by atomic mass is 32.1. The van der Waals surface area contributed by atoms with Crippen LogP contribution in [0.5, 0.6) is 0 Å². The molecule has 0 bridgehead atoms. The summed E-state index contributed by atoms with van der Waals surface area (Å²) in [6.07, 6.45) is 0. The standard InChI is InChI=1S/C7H9N3O3S/c1-3-13-6(12)5(11)9-7-8-4(2)10-14-7/h3H2,1-2H3,(H,8,9,10,11). The van der Waals surface area contributed by atoms with E-state index in [4.69, 9.17) is 0 Å². The molecule has 0 aromatic carbocycles. The zero-order valence-corrected chi connectivity index (χ0v) is 8.55. The van der Waals surface area contributed by atoms with Crippen LogP contribution in [0.3, 0.4) is 0 Å². The molecule has 1 aromatic rings. The number of aromatic nitrogens is 2. The van der Waals surface area contributed by atoms with E-state index < -0.39 is 11.9 Å². The molecule has 1 rings (SSSR count). The highest BCUT2D eigenvalue weighted by Gasteiger charge is 2.16. The van der Waals surface area contributed by atoms with Crippen molar-refractivity contribution in [2.24, 2.45) is 0 Å². The molecular weight excluding hydrogens is 206 g/mol. The first-order chi connectivity index (χ1) is 6.63. The average Bonchev–Trinajstić information content (AvgIpc) is 2.51. The van der Waals surface area contributed by atoms with Gasteiger partial charge in [0.1, 0.15) is 5.82 Å². The fourth-order valence-corrected chi connectivity index (χ4v) is 1.26. The summed E-state index contributed by atoms with van der Waals surface area (Å²) in [7, 11) is 0. The Morgan fingerprint density at radius 2 is 2.29 bits per heavy atom. The van der Waals surface area contributed by atoms with Gasteiger partial charge in [-0.1, -0.05) is 0 Å². The van der Waals surface area contributed by atoms with Crippen molar-refractivity contribution in [3.63, 3.8) is 0 Å². The minimum absolute atomic E-state index is 0.168. The van der Waals surface area contributed by atoms with E-state index in [2.05, 4.69) is 19.4 Å². The molecule has 14 heavy (non-hydrogen) atoms. The zero-order valence-electron chi connectivity index (χ0n) is 7.73. The van der Waals surface area contributed by atoms with Gasteiger partial charge in [-0.15, -0.1) is 0 Å². The molecule has 0 unspecified atom stereocenters. The summed E-state index contributed by atoms with van der Waals surface area (Å²) in [5, 5.41) is 2.57. The SMILES string of the molecule is CCOC(=O)C(=O)Nc1nc(C)ns1. The number of aryl methyl sites for hydroxylation is 1. The van der Waals surface area contributed by atoms with E-state index in [0.29, 0.717) is 11.0 Å². The van der Waals surface area contributed by atoms with Crippen molar-refractivity contribution in [1.29, 1.82) is 0 Å². The lowest BCUT2D eigenvalue weighted by atomic mass is 10.6. The maximum Gasteiger partial charge on any atom is 0.397 e. The highest BCUT2D eigenvalue weighted by Crippen LogP contribution is 2.09. The zero-order chi connectivity index (χ0) is 10.6. The Kier molecular flexibility index (Phi) is 3.52. The van der Waals surface area contributed by atoms with Crippen LogP contribution in [0.1, 0.15) is 12.7 Å². The molecule has 0 aliphatic heterocycles. The molecule has 1 heterocycles. The number of esters is 1. The lowest BCUT2D eigenvalue weighted by Crippen LogP contribution is -2.24. The Labute approximate surface area is 84.5 Å². The first-order valence-electron chi connectivity index (χ1n) is 3.92. The van der Waals surface area contributed by atoms with Crippen molar-refractivity contribution in [1.82, 2.24) is 9.36 Å². The van der Waals surface area contributed by atoms with Gasteiger partial charge in [0.05, 0.1) is 6.61 Å². The van der Waals surface area contributed by atoms with Crippen molar-refractivity contribution in [3.8, 4) is 0 Å². The van der Waals surface area contributed by atoms with Gasteiger partial charge in [-0.05, 0) is 13.8 Å². The minimum Gasteiger partial charge on any atom is -0.459 e. The van der Waals surface area contributed by atoms with E-state index in [-0.39, 0.29) is 6.61 Å². The normalized spacial score (nSPS) is 9.57. The van der Waals surface area contributed by atoms with Crippen LogP contribution in [0.15, 0.2) is 0 Å². The molecule has 1 amide bonds. The number of amides is 1. The average molecular weight is 215 g/mol. The van der Waals surface area contributed by atoms with E-state index in [1.807, 2.05) is 0 Å². The maximum atomic E-state index is 11.1. The lowest BCUT2D eigenvalue weighted by Gasteiger charge is -1.99. The summed E-state index contributed by atoms with van der Waals surface area (Å²) >= 11 is 1.01. The van der Waals surface area contributed by atoms with Crippen LogP contribution in [0, 0.1) is 6.92 Å². The number of rotatable bonds is 2. The molecule has 6 nitrogen and oxygen atoms in total. The van der Waals surface area contributed by atoms with Gasteiger partial charge in [-0.3, -0.25) is 10.1 Å². The van der Waals surface area contributed by atoms with E-state index in [0.717, 1.165) is 11.5 Å². The van der Waals surface area contributed by atoms with Crippen LogP contribution < -0.4 is 5.32 Å². The van der Waals surface area contributed by atoms with Crippen molar-refractivity contribution < 1.29 is 14.3 Å². The minimum atomic E-state index is -0.916. The molecule has 76 valence electrons. The summed E-state index contributed by atoms with van der Waals surface area (Å²) in [5.41, 5.74) is 0. The van der Waals surface area contributed by atoms with Crippen molar-refractivity contribution in [2.75, 3.05) is 11.9 Å². The summed E-state index contributed by atoms with van der Waals surface area (Å²) < 4.78 is 8.33. The fourth-order valence-electron chi connectivity index (χ4n) is 0.693. The molecule has 1 aromatic heterocycles. The molecule has 0 aliphatic carbocycles. The maximum absolute atomic E-state index is 11.1. The lowest BCUT2D eigenvalue weighted by molar-refractivity contribution is -0.152. The van der Waals surface area contributed by atoms with Crippen LogP contribution in [0.2, 0.25) is 0 Å². The van der Waals surface area contributed by atoms with Crippen molar-refractivity contribution in [3.05, 3.63) is 5.82 Å². The number of hydrogen-bond donors (Lipinski definition) is 1. The fraction of sp³-hybridized carbons (Fsp3) is 0.429. The highest BCUT2D eigenvalue weighted by molar-refractivity contribution is 7.10. The van der Waals surface area contributed by atoms with Gasteiger partial charge in [0.15, 0.2) is 0 Å². The summed E-state index contributed by atoms with van der Waals surface area (Å²) in [5.74, 6) is -1.20. The largest absolute Gasteiger partial charge is 0.459 e. The van der Waals surface area contributed by atoms with Crippen LogP contribution in [0.25, 0.3) is 0 Å². The summed E-state index contributed by atoms with van der Waals surface area (Å²) in [6.45, 7) is 3.48. The first-order valence-corrected chi connectivity index (χ1v) is 4.69. The Balaban J connectivity index is 2.53. The Hall–Kier alpha value is -1.50. The molecule has 0 saturated carbocycles. The molecular formula is C7H9N3O3S. The molecule has 0 spiro atoms. The van der Waals surface area contributed by atoms with Gasteiger partial charge in [-0.2, -0.15) is 4.37 Å². The topological polar surface area (TPSA) is 81.2 Å². The van der Waals surface area contributed by atoms with E-state index >= 15 is 0 Å². The second kappa shape index (κ2) is 4.66. The van der Waals surface area contributed by atoms with Gasteiger partial charge >= 0.3 is 11.9 Å². The second-order valence-corrected chi connectivity index (χ2v) is 3.07. The van der Waals surface area contributed by atoms with Gasteiger partial charge in [0.2, 0.25) is 5.13 Å². The first kappa shape index (κ1) is 10.6. The second-order valence-electron chi connectivity index (χ2n) is 2.32. The van der Waals surface area contributed by atoms with Crippen molar-refractivity contribution >= 4 is 28.5 Å². The van der Waals surface area contributed by atoms with Gasteiger partial charge in [0, 0.05) is 11.5 Å². The number of carbonyl (C=O) groups is 2. The molecule has 7 heteroatoms. The van der Waals surface area contributed by atoms with Gasteiger partial charge in [-0.25, -0.2) is 9.78 Å². The Morgan fingerprint density at radius 3 is 2.79 bits per heavy atom. The summed E-state index contributed by atoms with van der Waals surface area (Å²) in [6, 6.07) is 0. The molecule has 0 aliphatic rings. The third-order valence-corrected chi connectivity index (χ3v) is 1.93. The summed E-state index contributed by atoms with van der Waals surface area (Å²) in [4.78, 5) is 25.8. The number of ether oxygens (including phenoxy) is 1. The predicted molar refractivity (Wildman–Crippen MR) is 49.9 cm³/mol. The molecule has 0 fully saturated rings. The van der Waals surface area contributed by atoms with E-state index in [9.17, 15) is 9.59 Å². The van der Waals surface area contributed by atoms with Crippen LogP contribution in [-0.4, -0.2) is 27.8 Å². The molecule has 0 atom stereocenters. The quantitative estimate of drug-likeness (QED) is 0.568. The number of hydrogen-bond acceptors (Lipinski definition) is 6. The van der Waals surface area contributed by atoms with Crippen LogP contribution >= 0.6 is 11.5 Å². The smallest absolute Gasteiger partial charge is 0.397 e. The number of nitrogens with zero attached hydrogens (tertiary/aromatic N) is 2. The van der Waals surface area contributed by atoms with E-state index in [1.54, 1.807) is 13.8 Å². The van der Waals surface area contributed by atoms with Gasteiger partial charge in [0.25, 0.3) is 0 Å². The number of anilines is 1. The number of nitrogens with one attached hydrogen (secondary N) is 1. The van der Waals surface area contributed by atoms with Crippen molar-refractivity contribution in [2.45, 2.75) is 13.8 Å². The third kappa shape index (κ3) is 2.77. The van der Waals surface area contributed by atoms with Crippen LogP contribution in [0.4, 0.5) is 5.13 Å². The third-order valence-electron chi connectivity index (χ3n) is 1.21. The molecule has 0 radical (unpaired) electrons. The van der Waals surface area contributed by atoms with E-state index in [1.165, 1.54) is 0 Å².